The molecule has 1 rings (SSSR count). The first-order valence-corrected chi connectivity index (χ1v) is 1.93. The molecule has 1 aliphatic heterocycles. The zero-order valence-electron chi connectivity index (χ0n) is 4.24. The van der Waals surface area contributed by atoms with Gasteiger partial charge in [0.25, 0.3) is 0 Å². The number of allylic oxidation sites excluding steroid dienone is 2. The fraction of sp³-hybridized carbons (Fsp3) is 0.200. The van der Waals surface area contributed by atoms with Crippen LogP contribution in [0.4, 0.5) is 0 Å². The lowest BCUT2D eigenvalue weighted by Crippen LogP contribution is -1.82. The van der Waals surface area contributed by atoms with Crippen LogP contribution in [0.2, 0.25) is 0 Å². The van der Waals surface area contributed by atoms with Crippen molar-refractivity contribution in [1.82, 2.24) is 0 Å². The van der Waals surface area contributed by atoms with E-state index in [1.54, 1.807) is 6.26 Å². The molecule has 0 amide bonds. The minimum absolute atomic E-state index is 0. The Morgan fingerprint density at radius 3 is 2.00 bits per heavy atom. The van der Waals surface area contributed by atoms with Crippen LogP contribution < -0.4 is 0 Å². The van der Waals surface area contributed by atoms with Crippen molar-refractivity contribution in [3.8, 4) is 0 Å². The molecule has 1 aliphatic rings. The monoisotopic (exact) mass is 154 g/mol. The Bertz CT molecular complexity index is 76.4. The summed E-state index contributed by atoms with van der Waals surface area (Å²) in [5, 5.41) is 0. The molecule has 0 aromatic rings. The second-order valence-electron chi connectivity index (χ2n) is 1.09. The number of halogens is 2. The van der Waals surface area contributed by atoms with E-state index in [4.69, 9.17) is 4.74 Å². The number of rotatable bonds is 0. The normalized spacial score (nSPS) is 13.0. The van der Waals surface area contributed by atoms with Crippen LogP contribution in [-0.2, 0) is 4.74 Å². The summed E-state index contributed by atoms with van der Waals surface area (Å²) < 4.78 is 4.80. The van der Waals surface area contributed by atoms with Crippen LogP contribution in [0.3, 0.4) is 0 Å². The van der Waals surface area contributed by atoms with Gasteiger partial charge in [0.1, 0.15) is 6.61 Å². The van der Waals surface area contributed by atoms with Crippen LogP contribution in [-0.4, -0.2) is 6.61 Å². The van der Waals surface area contributed by atoms with Gasteiger partial charge in [-0.3, -0.25) is 0 Å². The van der Waals surface area contributed by atoms with Crippen LogP contribution >= 0.6 is 24.8 Å². The molecule has 0 spiro atoms. The highest BCUT2D eigenvalue weighted by molar-refractivity contribution is 5.85. The van der Waals surface area contributed by atoms with E-state index in [9.17, 15) is 0 Å². The van der Waals surface area contributed by atoms with E-state index in [0.717, 1.165) is 6.61 Å². The molecule has 1 heterocycles. The van der Waals surface area contributed by atoms with E-state index in [-0.39, 0.29) is 24.8 Å². The summed E-state index contributed by atoms with van der Waals surface area (Å²) in [7, 11) is 0. The van der Waals surface area contributed by atoms with Crippen molar-refractivity contribution in [3.63, 3.8) is 0 Å². The molecule has 1 nitrogen and oxygen atoms in total. The molecule has 0 N–H and O–H groups in total. The standard InChI is InChI=1S/C5H6O.2ClH/c1-2-4-6-5-3-1;;/h1-4H,5H2;2*1H. The molecule has 0 saturated heterocycles. The van der Waals surface area contributed by atoms with Crippen molar-refractivity contribution >= 4 is 24.8 Å². The third-order valence-electron chi connectivity index (χ3n) is 0.614. The first-order valence-electron chi connectivity index (χ1n) is 1.93. The second kappa shape index (κ2) is 6.86. The highest BCUT2D eigenvalue weighted by Gasteiger charge is 1.75. The van der Waals surface area contributed by atoms with Crippen LogP contribution in [0, 0.1) is 0 Å². The molecule has 0 atom stereocenters. The van der Waals surface area contributed by atoms with Crippen LogP contribution in [0.5, 0.6) is 0 Å². The Hall–Kier alpha value is -0.140. The van der Waals surface area contributed by atoms with Gasteiger partial charge >= 0.3 is 0 Å². The first-order chi connectivity index (χ1) is 3.00. The van der Waals surface area contributed by atoms with Crippen LogP contribution in [0.25, 0.3) is 0 Å². The minimum atomic E-state index is 0. The predicted molar refractivity (Wildman–Crippen MR) is 38.7 cm³/mol. The highest BCUT2D eigenvalue weighted by Crippen LogP contribution is 1.87. The molecule has 0 unspecified atom stereocenters. The van der Waals surface area contributed by atoms with E-state index < -0.39 is 0 Å². The maximum absolute atomic E-state index is 4.80. The van der Waals surface area contributed by atoms with Crippen molar-refractivity contribution in [2.75, 3.05) is 6.61 Å². The molecule has 0 aromatic carbocycles. The van der Waals surface area contributed by atoms with Gasteiger partial charge < -0.3 is 4.74 Å². The predicted octanol–water partition coefficient (Wildman–Crippen LogP) is 1.93. The Morgan fingerprint density at radius 2 is 1.88 bits per heavy atom. The van der Waals surface area contributed by atoms with Gasteiger partial charge in [-0.1, -0.05) is 6.08 Å². The van der Waals surface area contributed by atoms with E-state index in [2.05, 4.69) is 0 Å². The molecule has 0 bridgehead atoms. The molecule has 0 aromatic heterocycles. The van der Waals surface area contributed by atoms with Gasteiger partial charge in [-0.15, -0.1) is 24.8 Å². The maximum atomic E-state index is 4.80. The summed E-state index contributed by atoms with van der Waals surface area (Å²) in [6.07, 6.45) is 7.47. The van der Waals surface area contributed by atoms with Gasteiger partial charge in [0.05, 0.1) is 6.26 Å². The maximum Gasteiger partial charge on any atom is 0.106 e. The van der Waals surface area contributed by atoms with Crippen molar-refractivity contribution in [2.24, 2.45) is 0 Å². The lowest BCUT2D eigenvalue weighted by Gasteiger charge is -1.94. The SMILES string of the molecule is C1=CCOC=C1.Cl.Cl. The molecule has 0 fully saturated rings. The lowest BCUT2D eigenvalue weighted by atomic mass is 10.5. The zero-order chi connectivity index (χ0) is 4.24. The third kappa shape index (κ3) is 4.03. The molecule has 48 valence electrons. The van der Waals surface area contributed by atoms with E-state index >= 15 is 0 Å². The van der Waals surface area contributed by atoms with E-state index in [1.165, 1.54) is 0 Å². The largest absolute Gasteiger partial charge is 0.497 e. The second-order valence-corrected chi connectivity index (χ2v) is 1.09. The lowest BCUT2D eigenvalue weighted by molar-refractivity contribution is 0.286. The van der Waals surface area contributed by atoms with Gasteiger partial charge in [0.15, 0.2) is 0 Å². The summed E-state index contributed by atoms with van der Waals surface area (Å²) in [6.45, 7) is 0.733. The Labute approximate surface area is 61.2 Å². The molecule has 0 radical (unpaired) electrons. The van der Waals surface area contributed by atoms with Crippen molar-refractivity contribution in [3.05, 3.63) is 24.5 Å². The molecule has 0 saturated carbocycles. The summed E-state index contributed by atoms with van der Waals surface area (Å²) in [6, 6.07) is 0. The van der Waals surface area contributed by atoms with Gasteiger partial charge in [-0.25, -0.2) is 0 Å². The van der Waals surface area contributed by atoms with Gasteiger partial charge in [0, 0.05) is 0 Å². The van der Waals surface area contributed by atoms with Crippen LogP contribution in [0.1, 0.15) is 0 Å². The number of ether oxygens (including phenoxy) is 1. The zero-order valence-corrected chi connectivity index (χ0v) is 5.87. The average Bonchev–Trinajstić information content (AvgIpc) is 1.72. The molecular formula is C5H8Cl2O. The van der Waals surface area contributed by atoms with Gasteiger partial charge in [-0.2, -0.15) is 0 Å². The van der Waals surface area contributed by atoms with Crippen LogP contribution in [0.15, 0.2) is 24.5 Å². The Morgan fingerprint density at radius 1 is 1.12 bits per heavy atom. The Kier molecular flexibility index (Phi) is 9.24. The topological polar surface area (TPSA) is 9.23 Å². The number of hydrogen-bond donors (Lipinski definition) is 0. The summed E-state index contributed by atoms with van der Waals surface area (Å²) in [5.41, 5.74) is 0. The van der Waals surface area contributed by atoms with E-state index in [1.807, 2.05) is 18.2 Å². The van der Waals surface area contributed by atoms with Crippen molar-refractivity contribution in [2.45, 2.75) is 0 Å². The van der Waals surface area contributed by atoms with Crippen molar-refractivity contribution < 1.29 is 4.74 Å². The molecular weight excluding hydrogens is 147 g/mol. The molecule has 0 aliphatic carbocycles. The Balaban J connectivity index is 0. The summed E-state index contributed by atoms with van der Waals surface area (Å²) in [5.74, 6) is 0. The third-order valence-corrected chi connectivity index (χ3v) is 0.614. The molecule has 3 heteroatoms. The summed E-state index contributed by atoms with van der Waals surface area (Å²) >= 11 is 0. The van der Waals surface area contributed by atoms with Gasteiger partial charge in [0.2, 0.25) is 0 Å². The fourth-order valence-electron chi connectivity index (χ4n) is 0.346. The fourth-order valence-corrected chi connectivity index (χ4v) is 0.346. The number of hydrogen-bond acceptors (Lipinski definition) is 1. The summed E-state index contributed by atoms with van der Waals surface area (Å²) in [4.78, 5) is 0. The molecule has 8 heavy (non-hydrogen) atoms. The highest BCUT2D eigenvalue weighted by atomic mass is 35.5. The van der Waals surface area contributed by atoms with E-state index in [0.29, 0.717) is 0 Å². The quantitative estimate of drug-likeness (QED) is 0.519. The smallest absolute Gasteiger partial charge is 0.106 e. The average molecular weight is 155 g/mol. The van der Waals surface area contributed by atoms with Crippen molar-refractivity contribution in [1.29, 1.82) is 0 Å². The van der Waals surface area contributed by atoms with Gasteiger partial charge in [-0.05, 0) is 12.2 Å². The minimum Gasteiger partial charge on any atom is -0.497 e. The first kappa shape index (κ1) is 10.8.